The van der Waals surface area contributed by atoms with E-state index in [4.69, 9.17) is 4.42 Å². The Bertz CT molecular complexity index is 788. The Balaban J connectivity index is 2.02. The summed E-state index contributed by atoms with van der Waals surface area (Å²) in [6.07, 6.45) is 1.48. The second-order valence-electron chi connectivity index (χ2n) is 5.05. The number of amides is 1. The van der Waals surface area contributed by atoms with Gasteiger partial charge >= 0.3 is 0 Å². The van der Waals surface area contributed by atoms with Gasteiger partial charge in [-0.3, -0.25) is 4.79 Å². The van der Waals surface area contributed by atoms with Crippen LogP contribution < -0.4 is 10.0 Å². The Hall–Kier alpha value is -2.19. The Morgan fingerprint density at radius 3 is 2.70 bits per heavy atom. The fourth-order valence-corrected chi connectivity index (χ4v) is 3.43. The van der Waals surface area contributed by atoms with E-state index in [0.29, 0.717) is 5.76 Å². The van der Waals surface area contributed by atoms with Crippen molar-refractivity contribution in [2.75, 3.05) is 0 Å². The van der Waals surface area contributed by atoms with E-state index in [1.54, 1.807) is 12.1 Å². The molecule has 0 aliphatic carbocycles. The van der Waals surface area contributed by atoms with Gasteiger partial charge in [-0.1, -0.05) is 0 Å². The van der Waals surface area contributed by atoms with Gasteiger partial charge in [0, 0.05) is 0 Å². The number of benzene rings is 1. The lowest BCUT2D eigenvalue weighted by Gasteiger charge is -2.15. The van der Waals surface area contributed by atoms with Crippen LogP contribution in [0.5, 0.6) is 0 Å². The number of nitrogens with one attached hydrogen (secondary N) is 2. The van der Waals surface area contributed by atoms with E-state index < -0.39 is 27.8 Å². The first-order valence-corrected chi connectivity index (χ1v) is 8.36. The van der Waals surface area contributed by atoms with Gasteiger partial charge in [-0.15, -0.1) is 0 Å². The number of hydrogen-bond donors (Lipinski definition) is 2. The number of carbonyl (C=O) groups is 1. The molecule has 0 aliphatic heterocycles. The Morgan fingerprint density at radius 2 is 2.09 bits per heavy atom. The van der Waals surface area contributed by atoms with E-state index in [-0.39, 0.29) is 17.0 Å². The summed E-state index contributed by atoms with van der Waals surface area (Å²) >= 11 is 0. The zero-order valence-corrected chi connectivity index (χ0v) is 13.5. The Morgan fingerprint density at radius 1 is 1.35 bits per heavy atom. The lowest BCUT2D eigenvalue weighted by atomic mass is 10.2. The van der Waals surface area contributed by atoms with Crippen LogP contribution in [0.1, 0.15) is 18.2 Å². The number of rotatable bonds is 6. The predicted octanol–water partition coefficient (Wildman–Crippen LogP) is 1.71. The first-order valence-electron chi connectivity index (χ1n) is 6.88. The normalized spacial score (nSPS) is 12.8. The van der Waals surface area contributed by atoms with Crippen molar-refractivity contribution in [2.24, 2.45) is 0 Å². The van der Waals surface area contributed by atoms with Gasteiger partial charge in [0.2, 0.25) is 15.9 Å². The molecule has 1 amide bonds. The van der Waals surface area contributed by atoms with Gasteiger partial charge in [-0.25, -0.2) is 12.8 Å². The summed E-state index contributed by atoms with van der Waals surface area (Å²) < 4.78 is 45.0. The average molecular weight is 340 g/mol. The highest BCUT2D eigenvalue weighted by molar-refractivity contribution is 7.89. The van der Waals surface area contributed by atoms with Gasteiger partial charge in [0.05, 0.1) is 23.7 Å². The van der Waals surface area contributed by atoms with E-state index in [1.165, 1.54) is 26.2 Å². The quantitative estimate of drug-likeness (QED) is 0.838. The van der Waals surface area contributed by atoms with Crippen molar-refractivity contribution < 1.29 is 22.0 Å². The fraction of sp³-hybridized carbons (Fsp3) is 0.267. The minimum absolute atomic E-state index is 0.0652. The third-order valence-electron chi connectivity index (χ3n) is 3.17. The molecule has 124 valence electrons. The van der Waals surface area contributed by atoms with E-state index in [0.717, 1.165) is 12.1 Å². The molecule has 2 aromatic rings. The number of halogens is 1. The summed E-state index contributed by atoms with van der Waals surface area (Å²) in [4.78, 5) is 11.9. The molecule has 1 atom stereocenters. The zero-order chi connectivity index (χ0) is 17.0. The summed E-state index contributed by atoms with van der Waals surface area (Å²) in [6.45, 7) is 3.07. The maximum atomic E-state index is 13.1. The first-order chi connectivity index (χ1) is 10.8. The van der Waals surface area contributed by atoms with Gasteiger partial charge in [0.25, 0.3) is 0 Å². The molecule has 0 saturated carbocycles. The molecular formula is C15H17FN2O4S. The summed E-state index contributed by atoms with van der Waals surface area (Å²) in [7, 11) is -3.93. The van der Waals surface area contributed by atoms with Crippen LogP contribution in [0.2, 0.25) is 0 Å². The summed E-state index contributed by atoms with van der Waals surface area (Å²) in [6, 6.07) is 5.74. The number of aryl methyl sites for hydroxylation is 1. The summed E-state index contributed by atoms with van der Waals surface area (Å²) in [5.41, 5.74) is 0.265. The van der Waals surface area contributed by atoms with Crippen LogP contribution in [0.15, 0.2) is 45.9 Å². The Labute approximate surface area is 133 Å². The van der Waals surface area contributed by atoms with Crippen molar-refractivity contribution in [3.8, 4) is 0 Å². The number of hydrogen-bond acceptors (Lipinski definition) is 4. The molecule has 8 heteroatoms. The minimum atomic E-state index is -3.93. The van der Waals surface area contributed by atoms with Crippen molar-refractivity contribution in [1.82, 2.24) is 10.0 Å². The molecule has 0 radical (unpaired) electrons. The summed E-state index contributed by atoms with van der Waals surface area (Å²) in [5.74, 6) is -0.460. The van der Waals surface area contributed by atoms with Crippen molar-refractivity contribution in [1.29, 1.82) is 0 Å². The van der Waals surface area contributed by atoms with Crippen LogP contribution in [-0.2, 0) is 21.4 Å². The summed E-state index contributed by atoms with van der Waals surface area (Å²) in [5, 5.41) is 2.56. The van der Waals surface area contributed by atoms with E-state index in [2.05, 4.69) is 10.0 Å². The van der Waals surface area contributed by atoms with E-state index in [1.807, 2.05) is 0 Å². The molecule has 0 fully saturated rings. The fourth-order valence-electron chi connectivity index (χ4n) is 2.00. The minimum Gasteiger partial charge on any atom is -0.467 e. The smallest absolute Gasteiger partial charge is 0.241 e. The third kappa shape index (κ3) is 4.40. The van der Waals surface area contributed by atoms with Crippen molar-refractivity contribution in [2.45, 2.75) is 31.3 Å². The monoisotopic (exact) mass is 340 g/mol. The second-order valence-corrected chi connectivity index (χ2v) is 6.73. The lowest BCUT2D eigenvalue weighted by Crippen LogP contribution is -2.44. The van der Waals surface area contributed by atoms with Crippen molar-refractivity contribution >= 4 is 15.9 Å². The maximum Gasteiger partial charge on any atom is 0.241 e. The van der Waals surface area contributed by atoms with Crippen LogP contribution in [0.3, 0.4) is 0 Å². The van der Waals surface area contributed by atoms with Gasteiger partial charge in [-0.05, 0) is 49.7 Å². The van der Waals surface area contributed by atoms with Crippen LogP contribution in [-0.4, -0.2) is 20.4 Å². The van der Waals surface area contributed by atoms with Gasteiger partial charge in [0.1, 0.15) is 11.6 Å². The largest absolute Gasteiger partial charge is 0.467 e. The van der Waals surface area contributed by atoms with Gasteiger partial charge < -0.3 is 9.73 Å². The molecule has 0 unspecified atom stereocenters. The van der Waals surface area contributed by atoms with Crippen LogP contribution in [0, 0.1) is 12.7 Å². The van der Waals surface area contributed by atoms with E-state index in [9.17, 15) is 17.6 Å². The second kappa shape index (κ2) is 6.93. The highest BCUT2D eigenvalue weighted by Gasteiger charge is 2.23. The lowest BCUT2D eigenvalue weighted by molar-refractivity contribution is -0.122. The molecule has 0 aliphatic rings. The highest BCUT2D eigenvalue weighted by atomic mass is 32.2. The predicted molar refractivity (Wildman–Crippen MR) is 81.5 cm³/mol. The first kappa shape index (κ1) is 17.2. The zero-order valence-electron chi connectivity index (χ0n) is 12.7. The van der Waals surface area contributed by atoms with Crippen LogP contribution in [0.4, 0.5) is 4.39 Å². The Kier molecular flexibility index (Phi) is 5.17. The third-order valence-corrected chi connectivity index (χ3v) is 4.87. The van der Waals surface area contributed by atoms with Gasteiger partial charge in [0.15, 0.2) is 0 Å². The highest BCUT2D eigenvalue weighted by Crippen LogP contribution is 2.16. The van der Waals surface area contributed by atoms with Gasteiger partial charge in [-0.2, -0.15) is 4.72 Å². The van der Waals surface area contributed by atoms with Crippen LogP contribution >= 0.6 is 0 Å². The molecule has 1 aromatic carbocycles. The molecule has 2 rings (SSSR count). The van der Waals surface area contributed by atoms with Crippen LogP contribution in [0.25, 0.3) is 0 Å². The number of furan rings is 1. The molecule has 2 N–H and O–H groups in total. The number of carbonyl (C=O) groups excluding carboxylic acids is 1. The molecule has 1 heterocycles. The molecule has 1 aromatic heterocycles. The molecule has 0 spiro atoms. The molecule has 0 bridgehead atoms. The molecule has 23 heavy (non-hydrogen) atoms. The average Bonchev–Trinajstić information content (AvgIpc) is 2.96. The molecule has 6 nitrogen and oxygen atoms in total. The van der Waals surface area contributed by atoms with Crippen molar-refractivity contribution in [3.05, 3.63) is 53.7 Å². The van der Waals surface area contributed by atoms with E-state index >= 15 is 0 Å². The standard InChI is InChI=1S/C15H17FN2O4S/c1-10-8-12(16)5-6-14(10)23(20,21)18-11(2)15(19)17-9-13-4-3-7-22-13/h3-8,11,18H,9H2,1-2H3,(H,17,19)/t11-/m0/s1. The topological polar surface area (TPSA) is 88.4 Å². The molecular weight excluding hydrogens is 323 g/mol. The molecule has 0 saturated heterocycles. The maximum absolute atomic E-state index is 13.1. The SMILES string of the molecule is Cc1cc(F)ccc1S(=O)(=O)N[C@@H](C)C(=O)NCc1ccco1. The van der Waals surface area contributed by atoms with Crippen molar-refractivity contribution in [3.63, 3.8) is 0 Å². The number of sulfonamides is 1.